The van der Waals surface area contributed by atoms with Crippen molar-refractivity contribution in [1.82, 2.24) is 15.5 Å². The molecule has 0 aliphatic rings. The van der Waals surface area contributed by atoms with E-state index in [2.05, 4.69) is 10.6 Å². The highest BCUT2D eigenvalue weighted by Crippen LogP contribution is 2.33. The molecule has 0 heterocycles. The van der Waals surface area contributed by atoms with Gasteiger partial charge in [0.1, 0.15) is 35.1 Å². The van der Waals surface area contributed by atoms with Gasteiger partial charge in [-0.25, -0.2) is 9.59 Å². The first-order chi connectivity index (χ1) is 22.3. The molecule has 0 bridgehead atoms. The van der Waals surface area contributed by atoms with E-state index in [9.17, 15) is 24.3 Å². The second-order valence-electron chi connectivity index (χ2n) is 14.8. The van der Waals surface area contributed by atoms with Crippen LogP contribution in [0.5, 0.6) is 5.75 Å². The number of benzene rings is 2. The number of aryl methyl sites for hydroxylation is 1. The van der Waals surface area contributed by atoms with Crippen LogP contribution in [0.3, 0.4) is 0 Å². The number of ether oxygens (including phenoxy) is 2. The number of esters is 1. The maximum Gasteiger partial charge on any atom is 0.408 e. The summed E-state index contributed by atoms with van der Waals surface area (Å²) in [5, 5.41) is 16.9. The summed E-state index contributed by atoms with van der Waals surface area (Å²) < 4.78 is 11.2. The molecule has 0 aliphatic carbocycles. The topological polar surface area (TPSA) is 134 Å². The molecule has 0 fully saturated rings. The quantitative estimate of drug-likeness (QED) is 0.141. The summed E-state index contributed by atoms with van der Waals surface area (Å²) in [7, 11) is 0. The number of nitrogens with zero attached hydrogens (tertiary/aromatic N) is 1. The Morgan fingerprint density at radius 2 is 1.46 bits per heavy atom. The maximum absolute atomic E-state index is 14.6. The molecular formula is C38H57N3O7. The van der Waals surface area contributed by atoms with Crippen LogP contribution < -0.4 is 10.6 Å². The van der Waals surface area contributed by atoms with E-state index in [1.807, 2.05) is 51.1 Å². The van der Waals surface area contributed by atoms with Gasteiger partial charge in [0.25, 0.3) is 0 Å². The number of carbonyl (C=O) groups excluding carboxylic acids is 4. The highest BCUT2D eigenvalue weighted by molar-refractivity contribution is 5.94. The Labute approximate surface area is 287 Å². The molecule has 10 nitrogen and oxygen atoms in total. The van der Waals surface area contributed by atoms with E-state index in [-0.39, 0.29) is 36.6 Å². The third-order valence-corrected chi connectivity index (χ3v) is 7.40. The third kappa shape index (κ3) is 13.2. The van der Waals surface area contributed by atoms with Crippen molar-refractivity contribution in [3.8, 4) is 5.75 Å². The molecule has 0 spiro atoms. The van der Waals surface area contributed by atoms with Crippen LogP contribution in [0.25, 0.3) is 0 Å². The van der Waals surface area contributed by atoms with Crippen LogP contribution in [-0.4, -0.2) is 63.7 Å². The van der Waals surface area contributed by atoms with E-state index in [0.29, 0.717) is 12.0 Å². The van der Waals surface area contributed by atoms with Crippen molar-refractivity contribution in [2.45, 2.75) is 131 Å². The van der Waals surface area contributed by atoms with Crippen molar-refractivity contribution < 1.29 is 33.8 Å². The van der Waals surface area contributed by atoms with E-state index in [0.717, 1.165) is 18.4 Å². The Morgan fingerprint density at radius 1 is 0.833 bits per heavy atom. The van der Waals surface area contributed by atoms with Crippen LogP contribution in [0.2, 0.25) is 0 Å². The molecule has 3 unspecified atom stereocenters. The number of carbonyl (C=O) groups is 4. The molecule has 3 amide bonds. The highest BCUT2D eigenvalue weighted by atomic mass is 16.6. The SMILES string of the molecule is CCCCCN(C(=O)C(CC(C)C)NC(=O)OC(C)(C)C)C(C(=O)NC(Cc1ccccc1)C(=O)OC(C)(C)C)c1cccc(C)c1O. The lowest BCUT2D eigenvalue weighted by molar-refractivity contribution is -0.159. The largest absolute Gasteiger partial charge is 0.507 e. The number of unbranched alkanes of at least 4 members (excludes halogenated alkanes) is 2. The molecule has 10 heteroatoms. The van der Waals surface area contributed by atoms with Gasteiger partial charge in [-0.05, 0) is 78.4 Å². The van der Waals surface area contributed by atoms with Gasteiger partial charge in [0.15, 0.2) is 0 Å². The molecule has 0 saturated heterocycles. The Kier molecular flexibility index (Phi) is 14.9. The fourth-order valence-corrected chi connectivity index (χ4v) is 5.26. The van der Waals surface area contributed by atoms with Crippen molar-refractivity contribution in [2.75, 3.05) is 6.54 Å². The number of hydrogen-bond donors (Lipinski definition) is 3. The lowest BCUT2D eigenvalue weighted by Gasteiger charge is -2.36. The smallest absolute Gasteiger partial charge is 0.408 e. The molecule has 0 radical (unpaired) electrons. The van der Waals surface area contributed by atoms with Gasteiger partial charge in [-0.3, -0.25) is 9.59 Å². The van der Waals surface area contributed by atoms with Gasteiger partial charge < -0.3 is 30.1 Å². The number of amides is 3. The second-order valence-corrected chi connectivity index (χ2v) is 14.8. The molecular weight excluding hydrogens is 610 g/mol. The third-order valence-electron chi connectivity index (χ3n) is 7.40. The van der Waals surface area contributed by atoms with Crippen LogP contribution >= 0.6 is 0 Å². The molecule has 2 rings (SSSR count). The zero-order valence-corrected chi connectivity index (χ0v) is 30.5. The van der Waals surface area contributed by atoms with Crippen LogP contribution in [0.15, 0.2) is 48.5 Å². The van der Waals surface area contributed by atoms with E-state index in [1.165, 1.54) is 4.90 Å². The predicted molar refractivity (Wildman–Crippen MR) is 187 cm³/mol. The summed E-state index contributed by atoms with van der Waals surface area (Å²) in [5.41, 5.74) is -0.0741. The Morgan fingerprint density at radius 3 is 2.02 bits per heavy atom. The Balaban J connectivity index is 2.68. The van der Waals surface area contributed by atoms with Gasteiger partial charge in [0.05, 0.1) is 0 Å². The van der Waals surface area contributed by atoms with Gasteiger partial charge in [0, 0.05) is 18.5 Å². The van der Waals surface area contributed by atoms with Crippen LogP contribution in [0, 0.1) is 12.8 Å². The number of hydrogen-bond acceptors (Lipinski definition) is 7. The van der Waals surface area contributed by atoms with Crippen molar-refractivity contribution in [2.24, 2.45) is 5.92 Å². The molecule has 3 N–H and O–H groups in total. The van der Waals surface area contributed by atoms with Crippen LogP contribution in [0.4, 0.5) is 4.79 Å². The number of para-hydroxylation sites is 1. The first-order valence-electron chi connectivity index (χ1n) is 17.0. The minimum absolute atomic E-state index is 0.00782. The van der Waals surface area contributed by atoms with E-state index in [1.54, 1.807) is 66.7 Å². The van der Waals surface area contributed by atoms with Gasteiger partial charge >= 0.3 is 12.1 Å². The average Bonchev–Trinajstić information content (AvgIpc) is 2.96. The number of alkyl carbamates (subject to hydrolysis) is 1. The minimum Gasteiger partial charge on any atom is -0.507 e. The minimum atomic E-state index is -1.33. The molecule has 266 valence electrons. The van der Waals surface area contributed by atoms with E-state index in [4.69, 9.17) is 9.47 Å². The number of nitrogens with one attached hydrogen (secondary N) is 2. The number of rotatable bonds is 15. The zero-order valence-electron chi connectivity index (χ0n) is 30.5. The van der Waals surface area contributed by atoms with Crippen molar-refractivity contribution in [3.63, 3.8) is 0 Å². The summed E-state index contributed by atoms with van der Waals surface area (Å²) in [4.78, 5) is 57.1. The van der Waals surface area contributed by atoms with Crippen LogP contribution in [-0.2, 0) is 30.3 Å². The van der Waals surface area contributed by atoms with Gasteiger partial charge in [-0.15, -0.1) is 0 Å². The Bertz CT molecular complexity index is 1360. The van der Waals surface area contributed by atoms with Crippen molar-refractivity contribution in [3.05, 3.63) is 65.2 Å². The highest BCUT2D eigenvalue weighted by Gasteiger charge is 2.39. The van der Waals surface area contributed by atoms with E-state index >= 15 is 0 Å². The number of phenolic OH excluding ortho intramolecular Hbond substituents is 1. The monoisotopic (exact) mass is 667 g/mol. The Hall–Kier alpha value is -4.08. The normalized spacial score (nSPS) is 13.6. The number of phenols is 1. The summed E-state index contributed by atoms with van der Waals surface area (Å²) in [6, 6.07) is 10.8. The summed E-state index contributed by atoms with van der Waals surface area (Å²) >= 11 is 0. The van der Waals surface area contributed by atoms with Crippen LogP contribution in [0.1, 0.15) is 111 Å². The average molecular weight is 668 g/mol. The fraction of sp³-hybridized carbons (Fsp3) is 0.579. The summed E-state index contributed by atoms with van der Waals surface area (Å²) in [5.74, 6) is -1.91. The first-order valence-corrected chi connectivity index (χ1v) is 17.0. The second kappa shape index (κ2) is 17.9. The van der Waals surface area contributed by atoms with Gasteiger partial charge in [0.2, 0.25) is 11.8 Å². The zero-order chi connectivity index (χ0) is 36.2. The molecule has 48 heavy (non-hydrogen) atoms. The summed E-state index contributed by atoms with van der Waals surface area (Å²) in [6.07, 6.45) is 1.89. The lowest BCUT2D eigenvalue weighted by atomic mass is 9.96. The standard InChI is InChI=1S/C38H57N3O7/c1-11-12-16-22-41(34(44)29(23-25(2)3)40-36(46)48-38(8,9)10)31(28-21-17-18-26(4)32(28)42)33(43)39-30(35(45)47-37(5,6)7)24-27-19-14-13-15-20-27/h13-15,17-21,25,29-31,42H,11-12,16,22-24H2,1-10H3,(H,39,43)(H,40,46). The fourth-order valence-electron chi connectivity index (χ4n) is 5.26. The molecule has 0 aromatic heterocycles. The van der Waals surface area contributed by atoms with E-state index < -0.39 is 53.2 Å². The van der Waals surface area contributed by atoms with Gasteiger partial charge in [-0.1, -0.05) is 82.1 Å². The molecule has 0 saturated carbocycles. The molecule has 2 aromatic carbocycles. The van der Waals surface area contributed by atoms with Gasteiger partial charge in [-0.2, -0.15) is 0 Å². The number of aromatic hydroxyl groups is 1. The predicted octanol–water partition coefficient (Wildman–Crippen LogP) is 6.77. The molecule has 3 atom stereocenters. The molecule has 2 aromatic rings. The lowest BCUT2D eigenvalue weighted by Crippen LogP contribution is -2.55. The maximum atomic E-state index is 14.6. The summed E-state index contributed by atoms with van der Waals surface area (Å²) in [6.45, 7) is 18.2. The van der Waals surface area contributed by atoms with Crippen molar-refractivity contribution in [1.29, 1.82) is 0 Å². The first kappa shape index (κ1) is 40.1. The molecule has 0 aliphatic heterocycles. The van der Waals surface area contributed by atoms with Crippen molar-refractivity contribution >= 4 is 23.9 Å².